The highest BCUT2D eigenvalue weighted by atomic mass is 16.6. The quantitative estimate of drug-likeness (QED) is 0.187. The van der Waals surface area contributed by atoms with Crippen LogP contribution in [0.2, 0.25) is 0 Å². The predicted octanol–water partition coefficient (Wildman–Crippen LogP) is 5.35. The number of hydrogen-bond donors (Lipinski definition) is 2. The van der Waals surface area contributed by atoms with E-state index in [4.69, 9.17) is 4.99 Å². The summed E-state index contributed by atoms with van der Waals surface area (Å²) in [7, 11) is 0. The fraction of sp³-hybridized carbons (Fsp3) is 0.200. The summed E-state index contributed by atoms with van der Waals surface area (Å²) >= 11 is 0. The second-order valence-corrected chi connectivity index (χ2v) is 9.93. The summed E-state index contributed by atoms with van der Waals surface area (Å²) in [6.07, 6.45) is 5.85. The molecule has 0 spiro atoms. The number of rotatable bonds is 7. The number of carbonyl (C=O) groups is 2. The van der Waals surface area contributed by atoms with E-state index in [0.29, 0.717) is 41.2 Å². The van der Waals surface area contributed by atoms with Crippen molar-refractivity contribution in [1.82, 2.24) is 14.9 Å². The highest BCUT2D eigenvalue weighted by Gasteiger charge is 2.36. The first kappa shape index (κ1) is 25.2. The zero-order chi connectivity index (χ0) is 27.6. The number of benzene rings is 3. The van der Waals surface area contributed by atoms with E-state index in [-0.39, 0.29) is 17.5 Å². The molecular formula is C30H26N6O4. The molecule has 1 atom stereocenters. The molecule has 0 radical (unpaired) electrons. The fourth-order valence-electron chi connectivity index (χ4n) is 5.23. The molecule has 1 aromatic heterocycles. The highest BCUT2D eigenvalue weighted by Crippen LogP contribution is 2.38. The van der Waals surface area contributed by atoms with Gasteiger partial charge in [-0.1, -0.05) is 36.4 Å². The Bertz CT molecular complexity index is 1610. The smallest absolute Gasteiger partial charge is 0.269 e. The number of amides is 2. The van der Waals surface area contributed by atoms with Gasteiger partial charge in [-0.3, -0.25) is 24.7 Å². The number of aromatic amines is 1. The predicted molar refractivity (Wildman–Crippen MR) is 150 cm³/mol. The highest BCUT2D eigenvalue weighted by molar-refractivity contribution is 6.24. The Morgan fingerprint density at radius 2 is 1.85 bits per heavy atom. The molecule has 40 heavy (non-hydrogen) atoms. The van der Waals surface area contributed by atoms with E-state index in [9.17, 15) is 19.7 Å². The number of fused-ring (bicyclic) bond motifs is 1. The zero-order valence-electron chi connectivity index (χ0n) is 21.5. The molecule has 1 unspecified atom stereocenters. The average molecular weight is 535 g/mol. The van der Waals surface area contributed by atoms with Crippen molar-refractivity contribution in [2.75, 3.05) is 11.9 Å². The van der Waals surface area contributed by atoms with Crippen molar-refractivity contribution < 1.29 is 14.5 Å². The molecule has 2 amide bonds. The third-order valence-electron chi connectivity index (χ3n) is 7.32. The number of aliphatic imine (C=N–C) groups is 1. The van der Waals surface area contributed by atoms with Crippen LogP contribution in [0.3, 0.4) is 0 Å². The number of non-ortho nitro benzene ring substituents is 1. The number of H-pyrrole nitrogens is 1. The second-order valence-electron chi connectivity index (χ2n) is 9.93. The normalized spacial score (nSPS) is 17.1. The zero-order valence-corrected chi connectivity index (χ0v) is 21.5. The SMILES string of the molecule is O=C1Nc2ccc([N+](=O)[O-])cc2C1C(=Nc1ccc(-c2cnc[nH]2)cc1)c1ccc(CN2CCCCC2=O)cc1. The molecule has 10 heteroatoms. The maximum Gasteiger partial charge on any atom is 0.269 e. The Kier molecular flexibility index (Phi) is 6.65. The van der Waals surface area contributed by atoms with Gasteiger partial charge < -0.3 is 15.2 Å². The summed E-state index contributed by atoms with van der Waals surface area (Å²) in [5.74, 6) is -0.972. The maximum absolute atomic E-state index is 13.3. The third-order valence-corrected chi connectivity index (χ3v) is 7.32. The number of carbonyl (C=O) groups excluding carboxylic acids is 2. The van der Waals surface area contributed by atoms with Crippen LogP contribution in [0.25, 0.3) is 11.3 Å². The minimum Gasteiger partial charge on any atom is -0.345 e. The Morgan fingerprint density at radius 1 is 1.05 bits per heavy atom. The van der Waals surface area contributed by atoms with E-state index < -0.39 is 10.8 Å². The second kappa shape index (κ2) is 10.6. The van der Waals surface area contributed by atoms with Gasteiger partial charge in [0.2, 0.25) is 11.8 Å². The molecule has 2 aliphatic heterocycles. The molecule has 2 N–H and O–H groups in total. The molecule has 4 aromatic rings. The molecule has 1 saturated heterocycles. The van der Waals surface area contributed by atoms with Crippen molar-refractivity contribution >= 4 is 34.6 Å². The average Bonchev–Trinajstić information content (AvgIpc) is 3.61. The molecule has 0 aliphatic carbocycles. The molecule has 10 nitrogen and oxygen atoms in total. The molecule has 2 aliphatic rings. The number of nitro groups is 1. The van der Waals surface area contributed by atoms with E-state index in [1.807, 2.05) is 53.4 Å². The van der Waals surface area contributed by atoms with Crippen LogP contribution in [-0.4, -0.2) is 43.9 Å². The van der Waals surface area contributed by atoms with Crippen LogP contribution < -0.4 is 5.32 Å². The lowest BCUT2D eigenvalue weighted by Gasteiger charge is -2.26. The van der Waals surface area contributed by atoms with Crippen LogP contribution in [0.15, 0.2) is 84.2 Å². The van der Waals surface area contributed by atoms with Gasteiger partial charge in [0.05, 0.1) is 34.5 Å². The molecule has 1 fully saturated rings. The minimum atomic E-state index is -0.836. The first-order valence-electron chi connectivity index (χ1n) is 13.1. The number of nitro benzene ring substituents is 1. The monoisotopic (exact) mass is 534 g/mol. The van der Waals surface area contributed by atoms with Gasteiger partial charge in [0.15, 0.2) is 0 Å². The molecule has 200 valence electrons. The number of hydrogen-bond acceptors (Lipinski definition) is 6. The van der Waals surface area contributed by atoms with Gasteiger partial charge in [-0.05, 0) is 47.7 Å². The number of likely N-dealkylation sites (tertiary alicyclic amines) is 1. The number of nitrogens with one attached hydrogen (secondary N) is 2. The number of aromatic nitrogens is 2. The summed E-state index contributed by atoms with van der Waals surface area (Å²) in [4.78, 5) is 50.5. The number of nitrogens with zero attached hydrogens (tertiary/aromatic N) is 4. The van der Waals surface area contributed by atoms with Gasteiger partial charge in [-0.15, -0.1) is 0 Å². The number of piperidine rings is 1. The summed E-state index contributed by atoms with van der Waals surface area (Å²) in [6, 6.07) is 19.6. The van der Waals surface area contributed by atoms with Crippen molar-refractivity contribution in [1.29, 1.82) is 0 Å². The van der Waals surface area contributed by atoms with Crippen molar-refractivity contribution in [3.63, 3.8) is 0 Å². The van der Waals surface area contributed by atoms with Gasteiger partial charge in [0.25, 0.3) is 5.69 Å². The van der Waals surface area contributed by atoms with Gasteiger partial charge in [-0.2, -0.15) is 0 Å². The van der Waals surface area contributed by atoms with E-state index in [1.165, 1.54) is 12.1 Å². The van der Waals surface area contributed by atoms with Gasteiger partial charge in [-0.25, -0.2) is 4.98 Å². The van der Waals surface area contributed by atoms with Gasteiger partial charge in [0.1, 0.15) is 5.92 Å². The van der Waals surface area contributed by atoms with Crippen molar-refractivity contribution in [3.05, 3.63) is 106 Å². The first-order valence-corrected chi connectivity index (χ1v) is 13.1. The lowest BCUT2D eigenvalue weighted by atomic mass is 9.90. The Balaban J connectivity index is 1.38. The van der Waals surface area contributed by atoms with Crippen LogP contribution in [0, 0.1) is 10.1 Å². The van der Waals surface area contributed by atoms with E-state index in [1.54, 1.807) is 18.6 Å². The Hall–Kier alpha value is -5.12. The Morgan fingerprint density at radius 3 is 2.55 bits per heavy atom. The molecule has 3 heterocycles. The van der Waals surface area contributed by atoms with Crippen LogP contribution in [-0.2, 0) is 16.1 Å². The molecule has 6 rings (SSSR count). The van der Waals surface area contributed by atoms with Gasteiger partial charge in [0, 0.05) is 42.9 Å². The largest absolute Gasteiger partial charge is 0.345 e. The summed E-state index contributed by atoms with van der Waals surface area (Å²) in [5.41, 5.74) is 5.56. The lowest BCUT2D eigenvalue weighted by molar-refractivity contribution is -0.384. The number of imidazole rings is 1. The maximum atomic E-state index is 13.3. The molecule has 0 bridgehead atoms. The fourth-order valence-corrected chi connectivity index (χ4v) is 5.23. The molecule has 0 saturated carbocycles. The summed E-state index contributed by atoms with van der Waals surface area (Å²) in [5, 5.41) is 14.4. The molecule has 3 aromatic carbocycles. The topological polar surface area (TPSA) is 134 Å². The van der Waals surface area contributed by atoms with Crippen LogP contribution in [0.1, 0.15) is 41.9 Å². The summed E-state index contributed by atoms with van der Waals surface area (Å²) in [6.45, 7) is 1.28. The van der Waals surface area contributed by atoms with Crippen molar-refractivity contribution in [3.8, 4) is 11.3 Å². The van der Waals surface area contributed by atoms with Crippen molar-refractivity contribution in [2.24, 2.45) is 4.99 Å². The Labute approximate surface area is 229 Å². The van der Waals surface area contributed by atoms with Crippen molar-refractivity contribution in [2.45, 2.75) is 31.7 Å². The van der Waals surface area contributed by atoms with Crippen LogP contribution in [0.4, 0.5) is 17.1 Å². The first-order chi connectivity index (χ1) is 19.5. The number of anilines is 1. The minimum absolute atomic E-state index is 0.0925. The lowest BCUT2D eigenvalue weighted by Crippen LogP contribution is -2.34. The van der Waals surface area contributed by atoms with Crippen LogP contribution >= 0.6 is 0 Å². The molecular weight excluding hydrogens is 508 g/mol. The van der Waals surface area contributed by atoms with Crippen LogP contribution in [0.5, 0.6) is 0 Å². The van der Waals surface area contributed by atoms with E-state index in [2.05, 4.69) is 15.3 Å². The van der Waals surface area contributed by atoms with E-state index >= 15 is 0 Å². The summed E-state index contributed by atoms with van der Waals surface area (Å²) < 4.78 is 0. The third kappa shape index (κ3) is 4.98. The standard InChI is InChI=1S/C30H26N6O4/c37-27-3-1-2-14-35(27)17-19-4-6-21(7-5-19)29(33-22-10-8-20(9-11-22)26-16-31-18-32-26)28-24-15-23(36(39)40)12-13-25(24)34-30(28)38/h4-13,15-16,18,28H,1-3,14,17H2,(H,31,32)(H,34,38). The van der Waals surface area contributed by atoms with E-state index in [0.717, 1.165) is 36.2 Å². The van der Waals surface area contributed by atoms with Gasteiger partial charge >= 0.3 is 0 Å².